The van der Waals surface area contributed by atoms with Crippen LogP contribution < -0.4 is 11.2 Å². The number of aromatic nitrogens is 3. The Bertz CT molecular complexity index is 685. The van der Waals surface area contributed by atoms with E-state index in [-0.39, 0.29) is 17.7 Å². The summed E-state index contributed by atoms with van der Waals surface area (Å²) in [5.74, 6) is 8.41. The number of amides is 1. The molecule has 2 aromatic heterocycles. The number of thioether (sulfide) groups is 1. The zero-order valence-corrected chi connectivity index (χ0v) is 14.8. The van der Waals surface area contributed by atoms with E-state index in [0.29, 0.717) is 28.6 Å². The molecule has 3 rings (SSSR count). The summed E-state index contributed by atoms with van der Waals surface area (Å²) in [5, 5.41) is 11.7. The van der Waals surface area contributed by atoms with Gasteiger partial charge >= 0.3 is 0 Å². The second-order valence-corrected chi connectivity index (χ2v) is 7.33. The van der Waals surface area contributed by atoms with Crippen LogP contribution in [0.25, 0.3) is 11.6 Å². The fourth-order valence-electron chi connectivity index (χ4n) is 3.11. The fourth-order valence-corrected chi connectivity index (χ4v) is 3.78. The topological polar surface area (TPSA) is 99.0 Å². The maximum atomic E-state index is 12.2. The number of carbonyl (C=O) groups excluding carboxylic acids is 1. The van der Waals surface area contributed by atoms with Gasteiger partial charge in [-0.1, -0.05) is 38.5 Å². The van der Waals surface area contributed by atoms with Gasteiger partial charge in [0.05, 0.1) is 12.0 Å². The van der Waals surface area contributed by atoms with Gasteiger partial charge < -0.3 is 15.6 Å². The third-order valence-corrected chi connectivity index (χ3v) is 5.73. The van der Waals surface area contributed by atoms with Crippen LogP contribution in [0.1, 0.15) is 33.1 Å². The Hall–Kier alpha value is -1.96. The first kappa shape index (κ1) is 16.9. The highest BCUT2D eigenvalue weighted by Crippen LogP contribution is 2.29. The minimum Gasteiger partial charge on any atom is -0.461 e. The number of nitrogen functional groups attached to an aromatic ring is 1. The molecule has 3 N–H and O–H groups in total. The number of rotatable bonds is 5. The van der Waals surface area contributed by atoms with Crippen molar-refractivity contribution in [2.45, 2.75) is 44.3 Å². The summed E-state index contributed by atoms with van der Waals surface area (Å²) in [6.45, 7) is 4.47. The lowest BCUT2D eigenvalue weighted by molar-refractivity contribution is -0.120. The van der Waals surface area contributed by atoms with Gasteiger partial charge in [0.1, 0.15) is 0 Å². The van der Waals surface area contributed by atoms with Crippen molar-refractivity contribution in [2.24, 2.45) is 11.8 Å². The Labute approximate surface area is 145 Å². The van der Waals surface area contributed by atoms with E-state index >= 15 is 0 Å². The van der Waals surface area contributed by atoms with Crippen LogP contribution in [0.4, 0.5) is 0 Å². The van der Waals surface area contributed by atoms with E-state index in [1.165, 1.54) is 29.3 Å². The van der Waals surface area contributed by atoms with E-state index in [1.807, 2.05) is 0 Å². The molecule has 2 heterocycles. The number of furan rings is 1. The molecule has 3 atom stereocenters. The summed E-state index contributed by atoms with van der Waals surface area (Å²) in [6, 6.07) is 3.79. The van der Waals surface area contributed by atoms with Crippen LogP contribution in [-0.2, 0) is 4.79 Å². The van der Waals surface area contributed by atoms with E-state index in [4.69, 9.17) is 10.3 Å². The molecule has 0 aromatic carbocycles. The molecule has 1 saturated carbocycles. The van der Waals surface area contributed by atoms with Crippen molar-refractivity contribution in [3.05, 3.63) is 18.4 Å². The van der Waals surface area contributed by atoms with Gasteiger partial charge in [-0.05, 0) is 30.4 Å². The van der Waals surface area contributed by atoms with Gasteiger partial charge in [0.15, 0.2) is 5.76 Å². The van der Waals surface area contributed by atoms with Gasteiger partial charge in [-0.3, -0.25) is 4.79 Å². The van der Waals surface area contributed by atoms with E-state index in [1.54, 1.807) is 18.4 Å². The predicted octanol–water partition coefficient (Wildman–Crippen LogP) is 2.28. The summed E-state index contributed by atoms with van der Waals surface area (Å²) in [7, 11) is 0. The van der Waals surface area contributed by atoms with Gasteiger partial charge in [-0.2, -0.15) is 0 Å². The van der Waals surface area contributed by atoms with Gasteiger partial charge in [0.25, 0.3) is 0 Å². The lowest BCUT2D eigenvalue weighted by Crippen LogP contribution is -2.44. The highest BCUT2D eigenvalue weighted by Gasteiger charge is 2.28. The van der Waals surface area contributed by atoms with E-state index in [0.717, 1.165) is 6.42 Å². The molecule has 2 aromatic rings. The first-order chi connectivity index (χ1) is 11.6. The third-order valence-electron chi connectivity index (χ3n) is 4.79. The quantitative estimate of drug-likeness (QED) is 0.635. The molecular weight excluding hydrogens is 326 g/mol. The standard InChI is InChI=1S/C16H23N5O2S/c1-10-5-3-6-12(11(10)2)18-14(22)9-24-16-20-19-15(21(16)17)13-7-4-8-23-13/h4,7-8,10-12H,3,5-6,9,17H2,1-2H3,(H,18,22)/t10-,11-,12+/m1/s1. The van der Waals surface area contributed by atoms with Crippen LogP contribution in [0, 0.1) is 11.8 Å². The van der Waals surface area contributed by atoms with Crippen LogP contribution in [0.2, 0.25) is 0 Å². The van der Waals surface area contributed by atoms with Crippen LogP contribution in [0.3, 0.4) is 0 Å². The number of carbonyl (C=O) groups is 1. The molecule has 0 saturated heterocycles. The number of nitrogens with one attached hydrogen (secondary N) is 1. The van der Waals surface area contributed by atoms with Crippen molar-refractivity contribution in [1.29, 1.82) is 0 Å². The van der Waals surface area contributed by atoms with Crippen molar-refractivity contribution < 1.29 is 9.21 Å². The van der Waals surface area contributed by atoms with E-state index in [2.05, 4.69) is 29.4 Å². The second-order valence-electron chi connectivity index (χ2n) is 6.38. The lowest BCUT2D eigenvalue weighted by Gasteiger charge is -2.34. The van der Waals surface area contributed by atoms with Crippen molar-refractivity contribution in [2.75, 3.05) is 11.6 Å². The lowest BCUT2D eigenvalue weighted by atomic mass is 9.78. The van der Waals surface area contributed by atoms with Gasteiger partial charge in [0, 0.05) is 6.04 Å². The molecule has 8 heteroatoms. The Morgan fingerprint density at radius 1 is 1.46 bits per heavy atom. The Balaban J connectivity index is 1.55. The zero-order valence-electron chi connectivity index (χ0n) is 13.9. The molecule has 24 heavy (non-hydrogen) atoms. The van der Waals surface area contributed by atoms with Crippen LogP contribution in [0.15, 0.2) is 28.0 Å². The molecule has 130 valence electrons. The van der Waals surface area contributed by atoms with Crippen molar-refractivity contribution in [3.8, 4) is 11.6 Å². The van der Waals surface area contributed by atoms with Gasteiger partial charge in [0.2, 0.25) is 16.9 Å². The summed E-state index contributed by atoms with van der Waals surface area (Å²) in [4.78, 5) is 12.2. The molecule has 7 nitrogen and oxygen atoms in total. The van der Waals surface area contributed by atoms with E-state index in [9.17, 15) is 4.79 Å². The SMILES string of the molecule is C[C@@H]1[C@H](C)CCC[C@@H]1NC(=O)CSc1nnc(-c2ccco2)n1N. The van der Waals surface area contributed by atoms with Crippen LogP contribution in [-0.4, -0.2) is 32.6 Å². The fraction of sp³-hybridized carbons (Fsp3) is 0.562. The summed E-state index contributed by atoms with van der Waals surface area (Å²) in [5.41, 5.74) is 0. The third kappa shape index (κ3) is 3.58. The number of hydrogen-bond acceptors (Lipinski definition) is 6. The second kappa shape index (κ2) is 7.29. The van der Waals surface area contributed by atoms with Crippen LogP contribution >= 0.6 is 11.8 Å². The Morgan fingerprint density at radius 2 is 2.29 bits per heavy atom. The average molecular weight is 349 g/mol. The van der Waals surface area contributed by atoms with Crippen molar-refractivity contribution in [1.82, 2.24) is 20.2 Å². The first-order valence-electron chi connectivity index (χ1n) is 8.22. The normalized spacial score (nSPS) is 24.0. The minimum absolute atomic E-state index is 0.00787. The zero-order chi connectivity index (χ0) is 17.1. The van der Waals surface area contributed by atoms with Crippen molar-refractivity contribution >= 4 is 17.7 Å². The number of nitrogens with zero attached hydrogens (tertiary/aromatic N) is 3. The highest BCUT2D eigenvalue weighted by atomic mass is 32.2. The van der Waals surface area contributed by atoms with Crippen molar-refractivity contribution in [3.63, 3.8) is 0 Å². The number of hydrogen-bond donors (Lipinski definition) is 2. The largest absolute Gasteiger partial charge is 0.461 e. The Morgan fingerprint density at radius 3 is 3.04 bits per heavy atom. The summed E-state index contributed by atoms with van der Waals surface area (Å²) in [6.07, 6.45) is 5.02. The molecule has 0 aliphatic heterocycles. The summed E-state index contributed by atoms with van der Waals surface area (Å²) >= 11 is 1.27. The maximum absolute atomic E-state index is 12.2. The molecule has 1 amide bonds. The minimum atomic E-state index is 0.00787. The molecular formula is C16H23N5O2S. The smallest absolute Gasteiger partial charge is 0.230 e. The van der Waals surface area contributed by atoms with Gasteiger partial charge in [-0.15, -0.1) is 10.2 Å². The predicted molar refractivity (Wildman–Crippen MR) is 92.7 cm³/mol. The monoisotopic (exact) mass is 349 g/mol. The average Bonchev–Trinajstić information content (AvgIpc) is 3.19. The first-order valence-corrected chi connectivity index (χ1v) is 9.21. The van der Waals surface area contributed by atoms with Crippen LogP contribution in [0.5, 0.6) is 0 Å². The molecule has 0 radical (unpaired) electrons. The Kier molecular flexibility index (Phi) is 5.13. The van der Waals surface area contributed by atoms with E-state index < -0.39 is 0 Å². The summed E-state index contributed by atoms with van der Waals surface area (Å²) < 4.78 is 6.62. The van der Waals surface area contributed by atoms with Gasteiger partial charge in [-0.25, -0.2) is 4.68 Å². The molecule has 0 unspecified atom stereocenters. The molecule has 0 spiro atoms. The molecule has 0 bridgehead atoms. The number of nitrogens with two attached hydrogens (primary N) is 1. The highest BCUT2D eigenvalue weighted by molar-refractivity contribution is 7.99. The molecule has 1 aliphatic rings. The maximum Gasteiger partial charge on any atom is 0.230 e. The molecule has 1 aliphatic carbocycles. The molecule has 1 fully saturated rings.